The van der Waals surface area contributed by atoms with E-state index in [-0.39, 0.29) is 28.7 Å². The summed E-state index contributed by atoms with van der Waals surface area (Å²) < 4.78 is 44.3. The summed E-state index contributed by atoms with van der Waals surface area (Å²) in [6.45, 7) is 6.42. The Morgan fingerprint density at radius 2 is 1.81 bits per heavy atom. The van der Waals surface area contributed by atoms with Gasteiger partial charge in [-0.05, 0) is 57.0 Å². The van der Waals surface area contributed by atoms with Crippen molar-refractivity contribution in [3.63, 3.8) is 0 Å². The van der Waals surface area contributed by atoms with E-state index in [4.69, 9.17) is 14.2 Å². The lowest BCUT2D eigenvalue weighted by Gasteiger charge is -2.23. The minimum atomic E-state index is -4.30. The number of nitro groups is 1. The number of nitro benzene ring substituents is 1. The quantitative estimate of drug-likeness (QED) is 0.337. The topological polar surface area (TPSA) is 134 Å². The number of hydrogen-bond donors (Lipinski definition) is 1. The van der Waals surface area contributed by atoms with E-state index in [0.29, 0.717) is 5.56 Å². The maximum atomic E-state index is 13.3. The van der Waals surface area contributed by atoms with Gasteiger partial charge in [0.15, 0.2) is 0 Å². The second kappa shape index (κ2) is 9.43. The number of sulfonamides is 1. The molecule has 0 heterocycles. The van der Waals surface area contributed by atoms with Crippen molar-refractivity contribution in [2.24, 2.45) is 5.41 Å². The van der Waals surface area contributed by atoms with Gasteiger partial charge in [-0.25, -0.2) is 8.42 Å². The average molecular weight is 467 g/mol. The van der Waals surface area contributed by atoms with Gasteiger partial charge < -0.3 is 14.2 Å². The molecule has 0 aliphatic heterocycles. The number of aryl methyl sites for hydroxylation is 2. The highest BCUT2D eigenvalue weighted by Gasteiger charge is 2.32. The Morgan fingerprint density at radius 1 is 1.16 bits per heavy atom. The molecular formula is C21H26N2O8S. The van der Waals surface area contributed by atoms with E-state index in [1.54, 1.807) is 33.8 Å². The van der Waals surface area contributed by atoms with Gasteiger partial charge in [0.1, 0.15) is 28.7 Å². The van der Waals surface area contributed by atoms with E-state index in [2.05, 4.69) is 4.72 Å². The fourth-order valence-electron chi connectivity index (χ4n) is 3.03. The number of esters is 1. The predicted octanol–water partition coefficient (Wildman–Crippen LogP) is 3.60. The molecule has 0 amide bonds. The number of methoxy groups -OCH3 is 2. The van der Waals surface area contributed by atoms with Crippen molar-refractivity contribution in [1.82, 2.24) is 0 Å². The molecule has 0 aliphatic carbocycles. The van der Waals surface area contributed by atoms with Crippen LogP contribution in [0.4, 0.5) is 11.4 Å². The normalized spacial score (nSPS) is 11.6. The summed E-state index contributed by atoms with van der Waals surface area (Å²) in [5.41, 5.74) is -0.610. The Balaban J connectivity index is 2.50. The maximum Gasteiger partial charge on any atom is 0.314 e. The number of carbonyl (C=O) groups is 1. The van der Waals surface area contributed by atoms with E-state index in [0.717, 1.165) is 11.6 Å². The van der Waals surface area contributed by atoms with Gasteiger partial charge in [0.2, 0.25) is 0 Å². The Labute approximate surface area is 186 Å². The highest BCUT2D eigenvalue weighted by atomic mass is 32.2. The largest absolute Gasteiger partial charge is 0.496 e. The zero-order valence-electron chi connectivity index (χ0n) is 18.7. The van der Waals surface area contributed by atoms with Gasteiger partial charge in [0.25, 0.3) is 15.7 Å². The monoisotopic (exact) mass is 466 g/mol. The molecule has 1 N–H and O–H groups in total. The van der Waals surface area contributed by atoms with Gasteiger partial charge in [-0.3, -0.25) is 19.6 Å². The van der Waals surface area contributed by atoms with Crippen LogP contribution in [0.3, 0.4) is 0 Å². The summed E-state index contributed by atoms with van der Waals surface area (Å²) in [6.07, 6.45) is 0. The fourth-order valence-corrected chi connectivity index (χ4v) is 4.46. The van der Waals surface area contributed by atoms with Gasteiger partial charge in [-0.1, -0.05) is 6.07 Å². The predicted molar refractivity (Wildman–Crippen MR) is 118 cm³/mol. The van der Waals surface area contributed by atoms with Crippen LogP contribution in [0, 0.1) is 29.4 Å². The standard InChI is InChI=1S/C21H26N2O8S/c1-13-9-14(2)19(18(10-13)31-12-21(3,4)20(24)30-6)32(27,28)22-16-8-7-15(29-5)11-17(16)23(25)26/h7-11,22H,12H2,1-6H3. The maximum absolute atomic E-state index is 13.3. The third-order valence-corrected chi connectivity index (χ3v) is 6.18. The third-order valence-electron chi connectivity index (χ3n) is 4.63. The first-order valence-corrected chi connectivity index (χ1v) is 11.0. The molecule has 2 aromatic carbocycles. The van der Waals surface area contributed by atoms with E-state index in [1.165, 1.54) is 32.4 Å². The van der Waals surface area contributed by atoms with E-state index >= 15 is 0 Å². The minimum absolute atomic E-state index is 0.0168. The van der Waals surface area contributed by atoms with Gasteiger partial charge >= 0.3 is 5.97 Å². The Hall–Kier alpha value is -3.34. The van der Waals surface area contributed by atoms with Crippen LogP contribution in [-0.2, 0) is 19.6 Å². The summed E-state index contributed by atoms with van der Waals surface area (Å²) in [7, 11) is -1.70. The molecular weight excluding hydrogens is 440 g/mol. The van der Waals surface area contributed by atoms with Crippen molar-refractivity contribution in [3.8, 4) is 11.5 Å². The van der Waals surface area contributed by atoms with Crippen molar-refractivity contribution >= 4 is 27.4 Å². The molecule has 0 aromatic heterocycles. The van der Waals surface area contributed by atoms with Crippen LogP contribution in [0.5, 0.6) is 11.5 Å². The van der Waals surface area contributed by atoms with E-state index < -0.39 is 32.0 Å². The third kappa shape index (κ3) is 5.47. The number of hydrogen-bond acceptors (Lipinski definition) is 8. The lowest BCUT2D eigenvalue weighted by Crippen LogP contribution is -2.32. The zero-order chi connectivity index (χ0) is 24.3. The molecule has 0 spiro atoms. The van der Waals surface area contributed by atoms with Gasteiger partial charge in [-0.2, -0.15) is 0 Å². The average Bonchev–Trinajstić information content (AvgIpc) is 2.70. The van der Waals surface area contributed by atoms with Gasteiger partial charge in [0.05, 0.1) is 30.6 Å². The summed E-state index contributed by atoms with van der Waals surface area (Å²) in [5.74, 6) is -0.290. The van der Waals surface area contributed by atoms with Crippen LogP contribution in [-0.4, -0.2) is 40.1 Å². The Kier molecular flexibility index (Phi) is 7.34. The number of ether oxygens (including phenoxy) is 3. The van der Waals surface area contributed by atoms with Crippen LogP contribution in [0.2, 0.25) is 0 Å². The molecule has 0 atom stereocenters. The lowest BCUT2D eigenvalue weighted by molar-refractivity contribution is -0.384. The van der Waals surface area contributed by atoms with Crippen LogP contribution in [0.1, 0.15) is 25.0 Å². The van der Waals surface area contributed by atoms with Gasteiger partial charge in [0, 0.05) is 0 Å². The summed E-state index contributed by atoms with van der Waals surface area (Å²) in [5, 5.41) is 11.4. The van der Waals surface area contributed by atoms with Crippen molar-refractivity contribution in [2.45, 2.75) is 32.6 Å². The molecule has 0 unspecified atom stereocenters. The van der Waals surface area contributed by atoms with Crippen LogP contribution >= 0.6 is 0 Å². The zero-order valence-corrected chi connectivity index (χ0v) is 19.5. The molecule has 0 radical (unpaired) electrons. The summed E-state index contributed by atoms with van der Waals surface area (Å²) in [4.78, 5) is 22.5. The van der Waals surface area contributed by atoms with Crippen molar-refractivity contribution in [3.05, 3.63) is 51.6 Å². The Bertz CT molecular complexity index is 1140. The Morgan fingerprint density at radius 3 is 2.38 bits per heavy atom. The molecule has 11 heteroatoms. The molecule has 2 aromatic rings. The van der Waals surface area contributed by atoms with Crippen molar-refractivity contribution in [1.29, 1.82) is 0 Å². The SMILES string of the molecule is COC(=O)C(C)(C)COc1cc(C)cc(C)c1S(=O)(=O)Nc1ccc(OC)cc1[N+](=O)[O-]. The molecule has 174 valence electrons. The molecule has 0 bridgehead atoms. The number of rotatable bonds is 9. The minimum Gasteiger partial charge on any atom is -0.496 e. The van der Waals surface area contributed by atoms with E-state index in [1.807, 2.05) is 0 Å². The lowest BCUT2D eigenvalue weighted by atomic mass is 9.95. The highest BCUT2D eigenvalue weighted by molar-refractivity contribution is 7.92. The molecule has 2 rings (SSSR count). The number of nitrogens with zero attached hydrogens (tertiary/aromatic N) is 1. The molecule has 0 saturated heterocycles. The summed E-state index contributed by atoms with van der Waals surface area (Å²) in [6, 6.07) is 6.95. The van der Waals surface area contributed by atoms with Crippen LogP contribution < -0.4 is 14.2 Å². The first-order chi connectivity index (χ1) is 14.8. The first kappa shape index (κ1) is 24.9. The molecule has 0 fully saturated rings. The molecule has 32 heavy (non-hydrogen) atoms. The number of nitrogens with one attached hydrogen (secondary N) is 1. The number of benzene rings is 2. The first-order valence-electron chi connectivity index (χ1n) is 9.50. The second-order valence-electron chi connectivity index (χ2n) is 7.82. The van der Waals surface area contributed by atoms with Gasteiger partial charge in [-0.15, -0.1) is 0 Å². The van der Waals surface area contributed by atoms with Crippen LogP contribution in [0.15, 0.2) is 35.2 Å². The highest BCUT2D eigenvalue weighted by Crippen LogP contribution is 2.35. The van der Waals surface area contributed by atoms with Crippen LogP contribution in [0.25, 0.3) is 0 Å². The smallest absolute Gasteiger partial charge is 0.314 e. The fraction of sp³-hybridized carbons (Fsp3) is 0.381. The van der Waals surface area contributed by atoms with E-state index in [9.17, 15) is 23.3 Å². The van der Waals surface area contributed by atoms with Crippen molar-refractivity contribution < 1.29 is 32.3 Å². The molecule has 0 aliphatic rings. The van der Waals surface area contributed by atoms with Crippen molar-refractivity contribution in [2.75, 3.05) is 25.5 Å². The molecule has 0 saturated carbocycles. The second-order valence-corrected chi connectivity index (χ2v) is 9.44. The number of anilines is 1. The number of carbonyl (C=O) groups excluding carboxylic acids is 1. The molecule has 10 nitrogen and oxygen atoms in total. The summed E-state index contributed by atoms with van der Waals surface area (Å²) >= 11 is 0.